The minimum absolute atomic E-state index is 0. The van der Waals surface area contributed by atoms with Crippen molar-refractivity contribution in [2.24, 2.45) is 22.6 Å². The van der Waals surface area contributed by atoms with Gasteiger partial charge in [0.25, 0.3) is 0 Å². The Labute approximate surface area is 179 Å². The molecule has 1 aromatic carbocycles. The summed E-state index contributed by atoms with van der Waals surface area (Å²) >= 11 is 0. The van der Waals surface area contributed by atoms with Gasteiger partial charge in [-0.2, -0.15) is 0 Å². The topological polar surface area (TPSA) is 72.1 Å². The van der Waals surface area contributed by atoms with E-state index >= 15 is 0 Å². The predicted octanol–water partition coefficient (Wildman–Crippen LogP) is 3.56. The van der Waals surface area contributed by atoms with Crippen LogP contribution in [-0.4, -0.2) is 50.3 Å². The van der Waals surface area contributed by atoms with Gasteiger partial charge in [-0.15, -0.1) is 24.0 Å². The standard InChI is InChI=1S/C20H32N4O2.HI/c1-15-11-16(2)14-24(13-15)8-3-7-22-20(21)23-17-5-6-18-19(12-17)26-10-4-9-25-18;/h5-6,12,15-16H,3-4,7-11,13-14H2,1-2H3,(H3,21,22,23);1H. The molecule has 27 heavy (non-hydrogen) atoms. The van der Waals surface area contributed by atoms with Crippen LogP contribution < -0.4 is 20.5 Å². The Morgan fingerprint density at radius 1 is 1.19 bits per heavy atom. The summed E-state index contributed by atoms with van der Waals surface area (Å²) < 4.78 is 11.3. The van der Waals surface area contributed by atoms with E-state index in [2.05, 4.69) is 29.1 Å². The van der Waals surface area contributed by atoms with Crippen molar-refractivity contribution < 1.29 is 9.47 Å². The van der Waals surface area contributed by atoms with Gasteiger partial charge in [0.15, 0.2) is 17.5 Å². The molecule has 7 heteroatoms. The van der Waals surface area contributed by atoms with Crippen LogP contribution in [-0.2, 0) is 0 Å². The predicted molar refractivity (Wildman–Crippen MR) is 122 cm³/mol. The molecule has 1 aromatic rings. The molecule has 0 aromatic heterocycles. The molecule has 1 fully saturated rings. The molecule has 3 rings (SSSR count). The molecule has 0 bridgehead atoms. The van der Waals surface area contributed by atoms with Gasteiger partial charge in [-0.05, 0) is 43.4 Å². The van der Waals surface area contributed by atoms with E-state index in [0.717, 1.165) is 55.0 Å². The van der Waals surface area contributed by atoms with E-state index in [9.17, 15) is 0 Å². The van der Waals surface area contributed by atoms with Crippen molar-refractivity contribution in [3.8, 4) is 11.5 Å². The van der Waals surface area contributed by atoms with Gasteiger partial charge in [0.05, 0.1) is 13.2 Å². The van der Waals surface area contributed by atoms with Crippen molar-refractivity contribution >= 4 is 35.6 Å². The highest BCUT2D eigenvalue weighted by atomic mass is 127. The van der Waals surface area contributed by atoms with Crippen LogP contribution in [0.3, 0.4) is 0 Å². The van der Waals surface area contributed by atoms with Crippen molar-refractivity contribution in [1.29, 1.82) is 0 Å². The summed E-state index contributed by atoms with van der Waals surface area (Å²) in [7, 11) is 0. The number of halogens is 1. The zero-order valence-electron chi connectivity index (χ0n) is 16.4. The Morgan fingerprint density at radius 2 is 1.89 bits per heavy atom. The monoisotopic (exact) mass is 488 g/mol. The quantitative estimate of drug-likeness (QED) is 0.287. The van der Waals surface area contributed by atoms with Gasteiger partial charge in [0.2, 0.25) is 0 Å². The number of piperidine rings is 1. The smallest absolute Gasteiger partial charge is 0.193 e. The molecule has 1 saturated heterocycles. The van der Waals surface area contributed by atoms with Gasteiger partial charge in [-0.1, -0.05) is 13.8 Å². The van der Waals surface area contributed by atoms with Gasteiger partial charge in [0, 0.05) is 37.8 Å². The zero-order chi connectivity index (χ0) is 18.4. The van der Waals surface area contributed by atoms with Gasteiger partial charge in [-0.3, -0.25) is 4.99 Å². The highest BCUT2D eigenvalue weighted by Crippen LogP contribution is 2.32. The average molecular weight is 488 g/mol. The minimum atomic E-state index is 0. The van der Waals surface area contributed by atoms with Crippen LogP contribution in [0, 0.1) is 11.8 Å². The summed E-state index contributed by atoms with van der Waals surface area (Å²) in [5.41, 5.74) is 6.90. The molecule has 2 unspecified atom stereocenters. The number of nitrogens with two attached hydrogens (primary N) is 1. The normalized spacial score (nSPS) is 23.3. The largest absolute Gasteiger partial charge is 0.490 e. The van der Waals surface area contributed by atoms with Crippen LogP contribution in [0.4, 0.5) is 5.69 Å². The van der Waals surface area contributed by atoms with Crippen molar-refractivity contribution in [1.82, 2.24) is 4.90 Å². The summed E-state index contributed by atoms with van der Waals surface area (Å²) in [6.07, 6.45) is 3.28. The zero-order valence-corrected chi connectivity index (χ0v) is 18.8. The molecule has 0 saturated carbocycles. The maximum Gasteiger partial charge on any atom is 0.193 e. The number of likely N-dealkylation sites (tertiary alicyclic amines) is 1. The lowest BCUT2D eigenvalue weighted by atomic mass is 9.92. The number of aliphatic imine (C=N–C) groups is 1. The Hall–Kier alpha value is -1.22. The number of rotatable bonds is 5. The van der Waals surface area contributed by atoms with E-state index in [-0.39, 0.29) is 24.0 Å². The van der Waals surface area contributed by atoms with E-state index in [1.165, 1.54) is 19.5 Å². The van der Waals surface area contributed by atoms with Crippen LogP contribution >= 0.6 is 24.0 Å². The van der Waals surface area contributed by atoms with Crippen molar-refractivity contribution in [3.63, 3.8) is 0 Å². The first-order valence-electron chi connectivity index (χ1n) is 9.79. The SMILES string of the molecule is CC1CC(C)CN(CCCN=C(N)Nc2ccc3c(c2)OCCCO3)C1.I. The summed E-state index contributed by atoms with van der Waals surface area (Å²) in [5.74, 6) is 3.59. The fraction of sp³-hybridized carbons (Fsp3) is 0.650. The summed E-state index contributed by atoms with van der Waals surface area (Å²) in [5, 5.41) is 3.14. The number of hydrogen-bond acceptors (Lipinski definition) is 4. The Balaban J connectivity index is 0.00000261. The number of nitrogens with zero attached hydrogens (tertiary/aromatic N) is 2. The molecule has 0 radical (unpaired) electrons. The van der Waals surface area contributed by atoms with Crippen molar-refractivity contribution in [2.75, 3.05) is 44.7 Å². The maximum absolute atomic E-state index is 6.03. The number of ether oxygens (including phenoxy) is 2. The second-order valence-electron chi connectivity index (χ2n) is 7.66. The van der Waals surface area contributed by atoms with Gasteiger partial charge in [-0.25, -0.2) is 0 Å². The molecule has 0 spiro atoms. The third kappa shape index (κ3) is 7.03. The molecule has 6 nitrogen and oxygen atoms in total. The first-order chi connectivity index (χ1) is 12.6. The van der Waals surface area contributed by atoms with E-state index in [4.69, 9.17) is 15.2 Å². The summed E-state index contributed by atoms with van der Waals surface area (Å²) in [6.45, 7) is 10.3. The van der Waals surface area contributed by atoms with Crippen LogP contribution in [0.15, 0.2) is 23.2 Å². The van der Waals surface area contributed by atoms with Gasteiger partial charge in [0.1, 0.15) is 0 Å². The van der Waals surface area contributed by atoms with Crippen LogP contribution in [0.25, 0.3) is 0 Å². The molecule has 2 atom stereocenters. The Kier molecular flexibility index (Phi) is 8.95. The van der Waals surface area contributed by atoms with E-state index in [0.29, 0.717) is 19.2 Å². The van der Waals surface area contributed by atoms with E-state index in [1.807, 2.05) is 18.2 Å². The maximum atomic E-state index is 6.03. The third-order valence-electron chi connectivity index (χ3n) is 4.88. The number of benzene rings is 1. The second-order valence-corrected chi connectivity index (χ2v) is 7.66. The van der Waals surface area contributed by atoms with E-state index < -0.39 is 0 Å². The molecule has 2 aliphatic heterocycles. The second kappa shape index (κ2) is 10.9. The molecular weight excluding hydrogens is 455 g/mol. The Bertz CT molecular complexity index is 616. The molecule has 0 amide bonds. The molecule has 2 heterocycles. The van der Waals surface area contributed by atoms with Crippen LogP contribution in [0.1, 0.15) is 33.1 Å². The van der Waals surface area contributed by atoms with Crippen LogP contribution in [0.5, 0.6) is 11.5 Å². The van der Waals surface area contributed by atoms with Crippen molar-refractivity contribution in [3.05, 3.63) is 18.2 Å². The van der Waals surface area contributed by atoms with Gasteiger partial charge >= 0.3 is 0 Å². The average Bonchev–Trinajstić information content (AvgIpc) is 2.83. The molecule has 0 aliphatic carbocycles. The molecule has 3 N–H and O–H groups in total. The minimum Gasteiger partial charge on any atom is -0.490 e. The summed E-state index contributed by atoms with van der Waals surface area (Å²) in [6, 6.07) is 5.76. The van der Waals surface area contributed by atoms with Gasteiger partial charge < -0.3 is 25.4 Å². The molecular formula is C20H33IN4O2. The fourth-order valence-electron chi connectivity index (χ4n) is 3.90. The van der Waals surface area contributed by atoms with Crippen LogP contribution in [0.2, 0.25) is 0 Å². The van der Waals surface area contributed by atoms with E-state index in [1.54, 1.807) is 0 Å². The number of guanidine groups is 1. The number of hydrogen-bond donors (Lipinski definition) is 2. The lowest BCUT2D eigenvalue weighted by molar-refractivity contribution is 0.140. The lowest BCUT2D eigenvalue weighted by Crippen LogP contribution is -2.39. The fourth-order valence-corrected chi connectivity index (χ4v) is 3.90. The number of anilines is 1. The lowest BCUT2D eigenvalue weighted by Gasteiger charge is -2.34. The molecule has 152 valence electrons. The highest BCUT2D eigenvalue weighted by molar-refractivity contribution is 14.0. The first kappa shape index (κ1) is 22.1. The number of nitrogens with one attached hydrogen (secondary N) is 1. The highest BCUT2D eigenvalue weighted by Gasteiger charge is 2.20. The molecule has 2 aliphatic rings. The summed E-state index contributed by atoms with van der Waals surface area (Å²) in [4.78, 5) is 7.01. The first-order valence-corrected chi connectivity index (χ1v) is 9.79. The van der Waals surface area contributed by atoms with Crippen molar-refractivity contribution in [2.45, 2.75) is 33.1 Å². The Morgan fingerprint density at radius 3 is 2.63 bits per heavy atom. The number of fused-ring (bicyclic) bond motifs is 1. The third-order valence-corrected chi connectivity index (χ3v) is 4.88.